The molecule has 106 valence electrons. The number of carbonyl (C=O) groups is 2. The Morgan fingerprint density at radius 3 is 2.75 bits per heavy atom. The number of carboxylic acid groups (broad SMARTS) is 1. The van der Waals surface area contributed by atoms with Crippen LogP contribution in [0, 0.1) is 0 Å². The standard InChI is InChI=1S/C14H15BrN2O3/c1-16-6-7-17(9-13(16)18)12-4-2-10(8-11(12)15)3-5-14(19)20/h2-5,8H,6-7,9H2,1H3,(H,19,20)/b5-3+. The molecule has 1 amide bonds. The molecule has 0 radical (unpaired) electrons. The maximum Gasteiger partial charge on any atom is 0.328 e. The number of nitrogens with zero attached hydrogens (tertiary/aromatic N) is 2. The van der Waals surface area contributed by atoms with E-state index in [1.807, 2.05) is 23.1 Å². The number of halogens is 1. The lowest BCUT2D eigenvalue weighted by Gasteiger charge is -2.34. The van der Waals surface area contributed by atoms with Crippen molar-refractivity contribution in [1.82, 2.24) is 4.90 Å². The molecule has 1 N–H and O–H groups in total. The highest BCUT2D eigenvalue weighted by atomic mass is 79.9. The van der Waals surface area contributed by atoms with E-state index >= 15 is 0 Å². The van der Waals surface area contributed by atoms with Crippen molar-refractivity contribution in [3.05, 3.63) is 34.3 Å². The average Bonchev–Trinajstić information content (AvgIpc) is 2.40. The first-order valence-corrected chi connectivity index (χ1v) is 6.96. The van der Waals surface area contributed by atoms with Gasteiger partial charge in [-0.15, -0.1) is 0 Å². The monoisotopic (exact) mass is 338 g/mol. The molecule has 1 fully saturated rings. The Morgan fingerprint density at radius 1 is 1.40 bits per heavy atom. The predicted octanol–water partition coefficient (Wildman–Crippen LogP) is 1.83. The Morgan fingerprint density at radius 2 is 2.15 bits per heavy atom. The zero-order valence-corrected chi connectivity index (χ0v) is 12.6. The number of carboxylic acids is 1. The molecule has 5 nitrogen and oxygen atoms in total. The van der Waals surface area contributed by atoms with Gasteiger partial charge in [0.1, 0.15) is 0 Å². The molecule has 0 unspecified atom stereocenters. The molecule has 0 bridgehead atoms. The Hall–Kier alpha value is -1.82. The summed E-state index contributed by atoms with van der Waals surface area (Å²) in [4.78, 5) is 25.9. The van der Waals surface area contributed by atoms with E-state index in [0.717, 1.165) is 28.3 Å². The SMILES string of the molecule is CN1CCN(c2ccc(/C=C/C(=O)O)cc2Br)CC1=O. The molecular weight excluding hydrogens is 324 g/mol. The number of piperazine rings is 1. The number of anilines is 1. The lowest BCUT2D eigenvalue weighted by Crippen LogP contribution is -2.48. The van der Waals surface area contributed by atoms with E-state index in [0.29, 0.717) is 13.1 Å². The van der Waals surface area contributed by atoms with Crippen LogP contribution in [0.3, 0.4) is 0 Å². The van der Waals surface area contributed by atoms with Crippen molar-refractivity contribution in [3.63, 3.8) is 0 Å². The first-order valence-electron chi connectivity index (χ1n) is 6.17. The summed E-state index contributed by atoms with van der Waals surface area (Å²) < 4.78 is 0.849. The zero-order chi connectivity index (χ0) is 14.7. The Balaban J connectivity index is 2.18. The van der Waals surface area contributed by atoms with Crippen LogP contribution >= 0.6 is 15.9 Å². The molecule has 2 rings (SSSR count). The zero-order valence-electron chi connectivity index (χ0n) is 11.0. The van der Waals surface area contributed by atoms with Gasteiger partial charge in [0, 0.05) is 30.7 Å². The van der Waals surface area contributed by atoms with Gasteiger partial charge < -0.3 is 14.9 Å². The molecule has 1 aliphatic rings. The lowest BCUT2D eigenvalue weighted by atomic mass is 10.1. The summed E-state index contributed by atoms with van der Waals surface area (Å²) in [6.45, 7) is 1.84. The number of carbonyl (C=O) groups excluding carboxylic acids is 1. The molecule has 1 heterocycles. The quantitative estimate of drug-likeness (QED) is 0.854. The van der Waals surface area contributed by atoms with Crippen LogP contribution in [-0.4, -0.2) is 48.6 Å². The maximum atomic E-state index is 11.7. The normalized spacial score (nSPS) is 16.0. The first kappa shape index (κ1) is 14.6. The third-order valence-electron chi connectivity index (χ3n) is 3.19. The predicted molar refractivity (Wildman–Crippen MR) is 80.7 cm³/mol. The van der Waals surface area contributed by atoms with Crippen molar-refractivity contribution in [2.45, 2.75) is 0 Å². The Bertz CT molecular complexity index is 572. The molecule has 20 heavy (non-hydrogen) atoms. The molecule has 1 aromatic carbocycles. The van der Waals surface area contributed by atoms with Crippen LogP contribution < -0.4 is 4.90 Å². The number of amides is 1. The molecule has 6 heteroatoms. The minimum Gasteiger partial charge on any atom is -0.478 e. The number of rotatable bonds is 3. The second-order valence-corrected chi connectivity index (χ2v) is 5.47. The van der Waals surface area contributed by atoms with E-state index in [1.165, 1.54) is 6.08 Å². The summed E-state index contributed by atoms with van der Waals surface area (Å²) in [5.41, 5.74) is 1.74. The van der Waals surface area contributed by atoms with Crippen LogP contribution in [0.1, 0.15) is 5.56 Å². The number of likely N-dealkylation sites (N-methyl/N-ethyl adjacent to an activating group) is 1. The van der Waals surface area contributed by atoms with Crippen LogP contribution in [0.25, 0.3) is 6.08 Å². The average molecular weight is 339 g/mol. The number of hydrogen-bond acceptors (Lipinski definition) is 3. The molecule has 0 aromatic heterocycles. The molecule has 0 atom stereocenters. The summed E-state index contributed by atoms with van der Waals surface area (Å²) in [5, 5.41) is 8.61. The van der Waals surface area contributed by atoms with E-state index in [9.17, 15) is 9.59 Å². The fraction of sp³-hybridized carbons (Fsp3) is 0.286. The Labute approximate surface area is 125 Å². The van der Waals surface area contributed by atoms with Crippen molar-refractivity contribution < 1.29 is 14.7 Å². The summed E-state index contributed by atoms with van der Waals surface area (Å²) in [6.07, 6.45) is 2.63. The van der Waals surface area contributed by atoms with E-state index in [1.54, 1.807) is 11.9 Å². The third-order valence-corrected chi connectivity index (χ3v) is 3.82. The van der Waals surface area contributed by atoms with E-state index < -0.39 is 5.97 Å². The maximum absolute atomic E-state index is 11.7. The Kier molecular flexibility index (Phi) is 4.44. The summed E-state index contributed by atoms with van der Waals surface area (Å²) >= 11 is 3.48. The number of aliphatic carboxylic acids is 1. The first-order chi connectivity index (χ1) is 9.47. The van der Waals surface area contributed by atoms with Gasteiger partial charge in [-0.2, -0.15) is 0 Å². The van der Waals surface area contributed by atoms with Crippen molar-refractivity contribution in [3.8, 4) is 0 Å². The highest BCUT2D eigenvalue weighted by Crippen LogP contribution is 2.28. The van der Waals surface area contributed by atoms with Crippen molar-refractivity contribution in [1.29, 1.82) is 0 Å². The van der Waals surface area contributed by atoms with Gasteiger partial charge in [-0.05, 0) is 39.7 Å². The lowest BCUT2D eigenvalue weighted by molar-refractivity contribution is -0.131. The fourth-order valence-electron chi connectivity index (χ4n) is 2.01. The van der Waals surface area contributed by atoms with E-state index in [-0.39, 0.29) is 5.91 Å². The second kappa shape index (κ2) is 6.09. The van der Waals surface area contributed by atoms with Gasteiger partial charge in [0.25, 0.3) is 0 Å². The van der Waals surface area contributed by atoms with Crippen molar-refractivity contribution >= 4 is 39.6 Å². The minimum absolute atomic E-state index is 0.0954. The van der Waals surface area contributed by atoms with Gasteiger partial charge in [-0.1, -0.05) is 6.07 Å². The minimum atomic E-state index is -0.977. The largest absolute Gasteiger partial charge is 0.478 e. The highest BCUT2D eigenvalue weighted by Gasteiger charge is 2.22. The van der Waals surface area contributed by atoms with Gasteiger partial charge in [-0.25, -0.2) is 4.79 Å². The molecule has 0 spiro atoms. The van der Waals surface area contributed by atoms with Gasteiger partial charge >= 0.3 is 5.97 Å². The molecule has 1 saturated heterocycles. The van der Waals surface area contributed by atoms with Crippen LogP contribution in [0.5, 0.6) is 0 Å². The molecule has 0 saturated carbocycles. The van der Waals surface area contributed by atoms with Crippen LogP contribution in [0.2, 0.25) is 0 Å². The molecule has 1 aromatic rings. The van der Waals surface area contributed by atoms with E-state index in [2.05, 4.69) is 15.9 Å². The molecular formula is C14H15BrN2O3. The van der Waals surface area contributed by atoms with Gasteiger partial charge in [0.15, 0.2) is 0 Å². The highest BCUT2D eigenvalue weighted by molar-refractivity contribution is 9.10. The molecule has 0 aliphatic carbocycles. The van der Waals surface area contributed by atoms with Crippen LogP contribution in [0.4, 0.5) is 5.69 Å². The van der Waals surface area contributed by atoms with Crippen molar-refractivity contribution in [2.24, 2.45) is 0 Å². The molecule has 1 aliphatic heterocycles. The van der Waals surface area contributed by atoms with Crippen LogP contribution in [0.15, 0.2) is 28.7 Å². The van der Waals surface area contributed by atoms with Gasteiger partial charge in [-0.3, -0.25) is 4.79 Å². The number of hydrogen-bond donors (Lipinski definition) is 1. The summed E-state index contributed by atoms with van der Waals surface area (Å²) in [6, 6.07) is 5.57. The fourth-order valence-corrected chi connectivity index (χ4v) is 2.66. The second-order valence-electron chi connectivity index (χ2n) is 4.62. The van der Waals surface area contributed by atoms with E-state index in [4.69, 9.17) is 5.11 Å². The number of benzene rings is 1. The smallest absolute Gasteiger partial charge is 0.328 e. The van der Waals surface area contributed by atoms with Gasteiger partial charge in [0.2, 0.25) is 5.91 Å². The summed E-state index contributed by atoms with van der Waals surface area (Å²) in [5.74, 6) is -0.882. The van der Waals surface area contributed by atoms with Crippen LogP contribution in [-0.2, 0) is 9.59 Å². The summed E-state index contributed by atoms with van der Waals surface area (Å²) in [7, 11) is 1.80. The van der Waals surface area contributed by atoms with Crippen molar-refractivity contribution in [2.75, 3.05) is 31.6 Å². The van der Waals surface area contributed by atoms with Gasteiger partial charge in [0.05, 0.1) is 12.2 Å². The topological polar surface area (TPSA) is 60.9 Å². The third kappa shape index (κ3) is 3.39.